The summed E-state index contributed by atoms with van der Waals surface area (Å²) in [5.74, 6) is -2.04. The van der Waals surface area contributed by atoms with Gasteiger partial charge in [0.15, 0.2) is 0 Å². The summed E-state index contributed by atoms with van der Waals surface area (Å²) in [7, 11) is 0. The molecule has 102 valence electrons. The van der Waals surface area contributed by atoms with Crippen molar-refractivity contribution < 1.29 is 19.4 Å². The van der Waals surface area contributed by atoms with E-state index in [9.17, 15) is 14.7 Å². The summed E-state index contributed by atoms with van der Waals surface area (Å²) in [5.41, 5.74) is 0.909. The van der Waals surface area contributed by atoms with Crippen molar-refractivity contribution in [1.82, 2.24) is 0 Å². The SMILES string of the molecule is O=C([O-])c1ccccc1C(=O)OCCc1ccccc1. The molecule has 0 bridgehead atoms. The molecule has 2 rings (SSSR count). The molecule has 0 fully saturated rings. The normalized spacial score (nSPS) is 10.0. The highest BCUT2D eigenvalue weighted by Crippen LogP contribution is 2.10. The monoisotopic (exact) mass is 269 g/mol. The second-order valence-electron chi connectivity index (χ2n) is 4.20. The largest absolute Gasteiger partial charge is 0.545 e. The average Bonchev–Trinajstić information content (AvgIpc) is 2.48. The molecule has 0 saturated carbocycles. The second-order valence-corrected chi connectivity index (χ2v) is 4.20. The second kappa shape index (κ2) is 6.52. The van der Waals surface area contributed by atoms with Gasteiger partial charge < -0.3 is 14.6 Å². The van der Waals surface area contributed by atoms with Gasteiger partial charge in [0, 0.05) is 12.0 Å². The van der Waals surface area contributed by atoms with E-state index in [4.69, 9.17) is 4.74 Å². The van der Waals surface area contributed by atoms with Gasteiger partial charge in [-0.3, -0.25) is 0 Å². The lowest BCUT2D eigenvalue weighted by Gasteiger charge is -2.10. The Balaban J connectivity index is 1.97. The molecular formula is C16H13O4-. The van der Waals surface area contributed by atoms with Gasteiger partial charge in [-0.2, -0.15) is 0 Å². The topological polar surface area (TPSA) is 66.4 Å². The average molecular weight is 269 g/mol. The summed E-state index contributed by atoms with van der Waals surface area (Å²) in [6.07, 6.45) is 0.583. The van der Waals surface area contributed by atoms with Crippen LogP contribution < -0.4 is 5.11 Å². The number of aromatic carboxylic acids is 1. The number of hydrogen-bond donors (Lipinski definition) is 0. The van der Waals surface area contributed by atoms with Gasteiger partial charge in [0.25, 0.3) is 0 Å². The Morgan fingerprint density at radius 1 is 0.900 bits per heavy atom. The van der Waals surface area contributed by atoms with Crippen LogP contribution in [-0.2, 0) is 11.2 Å². The molecule has 0 aliphatic carbocycles. The van der Waals surface area contributed by atoms with E-state index >= 15 is 0 Å². The predicted octanol–water partition coefficient (Wildman–Crippen LogP) is 1.45. The lowest BCUT2D eigenvalue weighted by atomic mass is 10.1. The maximum absolute atomic E-state index is 11.8. The molecule has 0 saturated heterocycles. The van der Waals surface area contributed by atoms with Crippen LogP contribution in [0.1, 0.15) is 26.3 Å². The molecule has 0 aliphatic rings. The van der Waals surface area contributed by atoms with Gasteiger partial charge in [0.05, 0.1) is 18.1 Å². The van der Waals surface area contributed by atoms with Crippen molar-refractivity contribution in [3.05, 3.63) is 71.3 Å². The fraction of sp³-hybridized carbons (Fsp3) is 0.125. The lowest BCUT2D eigenvalue weighted by Crippen LogP contribution is -2.25. The number of rotatable bonds is 5. The first kappa shape index (κ1) is 13.8. The van der Waals surface area contributed by atoms with Crippen molar-refractivity contribution in [3.63, 3.8) is 0 Å². The summed E-state index contributed by atoms with van der Waals surface area (Å²) in [4.78, 5) is 22.7. The minimum Gasteiger partial charge on any atom is -0.545 e. The Morgan fingerprint density at radius 2 is 1.50 bits per heavy atom. The fourth-order valence-electron chi connectivity index (χ4n) is 1.82. The Bertz CT molecular complexity index is 605. The molecule has 2 aromatic carbocycles. The number of esters is 1. The predicted molar refractivity (Wildman–Crippen MR) is 71.2 cm³/mol. The van der Waals surface area contributed by atoms with Crippen LogP contribution in [0.15, 0.2) is 54.6 Å². The van der Waals surface area contributed by atoms with E-state index in [-0.39, 0.29) is 17.7 Å². The van der Waals surface area contributed by atoms with E-state index in [1.807, 2.05) is 30.3 Å². The Labute approximate surface area is 116 Å². The van der Waals surface area contributed by atoms with Crippen LogP contribution in [0.25, 0.3) is 0 Å². The number of benzene rings is 2. The van der Waals surface area contributed by atoms with Crippen LogP contribution in [0, 0.1) is 0 Å². The van der Waals surface area contributed by atoms with Gasteiger partial charge in [-0.15, -0.1) is 0 Å². The quantitative estimate of drug-likeness (QED) is 0.770. The van der Waals surface area contributed by atoms with Crippen LogP contribution in [0.3, 0.4) is 0 Å². The molecular weight excluding hydrogens is 256 g/mol. The Morgan fingerprint density at radius 3 is 2.15 bits per heavy atom. The fourth-order valence-corrected chi connectivity index (χ4v) is 1.82. The van der Waals surface area contributed by atoms with Crippen molar-refractivity contribution in [2.24, 2.45) is 0 Å². The van der Waals surface area contributed by atoms with E-state index in [1.165, 1.54) is 18.2 Å². The van der Waals surface area contributed by atoms with Crippen molar-refractivity contribution in [3.8, 4) is 0 Å². The minimum atomic E-state index is -1.39. The molecule has 0 aromatic heterocycles. The smallest absolute Gasteiger partial charge is 0.338 e. The van der Waals surface area contributed by atoms with Crippen molar-refractivity contribution in [2.75, 3.05) is 6.61 Å². The third-order valence-electron chi connectivity index (χ3n) is 2.83. The van der Waals surface area contributed by atoms with Gasteiger partial charge in [0.1, 0.15) is 0 Å². The molecule has 0 amide bonds. The molecule has 0 atom stereocenters. The van der Waals surface area contributed by atoms with Crippen LogP contribution in [-0.4, -0.2) is 18.5 Å². The third kappa shape index (κ3) is 3.45. The highest BCUT2D eigenvalue weighted by Gasteiger charge is 2.12. The van der Waals surface area contributed by atoms with Gasteiger partial charge in [-0.05, 0) is 11.6 Å². The maximum atomic E-state index is 11.8. The number of hydrogen-bond acceptors (Lipinski definition) is 4. The summed E-state index contributed by atoms with van der Waals surface area (Å²) >= 11 is 0. The Hall–Kier alpha value is -2.62. The molecule has 0 unspecified atom stereocenters. The van der Waals surface area contributed by atoms with Crippen LogP contribution in [0.4, 0.5) is 0 Å². The zero-order valence-electron chi connectivity index (χ0n) is 10.7. The molecule has 0 aliphatic heterocycles. The molecule has 0 N–H and O–H groups in total. The molecule has 0 spiro atoms. The zero-order chi connectivity index (χ0) is 14.4. The van der Waals surface area contributed by atoms with Crippen molar-refractivity contribution in [2.45, 2.75) is 6.42 Å². The van der Waals surface area contributed by atoms with Gasteiger partial charge in [-0.25, -0.2) is 4.79 Å². The van der Waals surface area contributed by atoms with E-state index in [0.717, 1.165) is 5.56 Å². The lowest BCUT2D eigenvalue weighted by molar-refractivity contribution is -0.255. The molecule has 0 radical (unpaired) electrons. The first-order chi connectivity index (χ1) is 9.68. The van der Waals surface area contributed by atoms with E-state index in [2.05, 4.69) is 0 Å². The molecule has 0 heterocycles. The zero-order valence-corrected chi connectivity index (χ0v) is 10.7. The van der Waals surface area contributed by atoms with Crippen LogP contribution >= 0.6 is 0 Å². The van der Waals surface area contributed by atoms with Crippen LogP contribution in [0.5, 0.6) is 0 Å². The van der Waals surface area contributed by atoms with Crippen molar-refractivity contribution >= 4 is 11.9 Å². The highest BCUT2D eigenvalue weighted by atomic mass is 16.5. The summed E-state index contributed by atoms with van der Waals surface area (Å²) in [6, 6.07) is 15.4. The molecule has 4 nitrogen and oxygen atoms in total. The first-order valence-electron chi connectivity index (χ1n) is 6.20. The van der Waals surface area contributed by atoms with Gasteiger partial charge >= 0.3 is 5.97 Å². The third-order valence-corrected chi connectivity index (χ3v) is 2.83. The van der Waals surface area contributed by atoms with Crippen LogP contribution in [0.2, 0.25) is 0 Å². The first-order valence-corrected chi connectivity index (χ1v) is 6.20. The number of carboxylic acids is 1. The maximum Gasteiger partial charge on any atom is 0.338 e. The standard InChI is InChI=1S/C16H14O4/c17-15(18)13-8-4-5-9-14(13)16(19)20-11-10-12-6-2-1-3-7-12/h1-9H,10-11H2,(H,17,18)/p-1. The summed E-state index contributed by atoms with van der Waals surface area (Å²) in [5, 5.41) is 10.9. The summed E-state index contributed by atoms with van der Waals surface area (Å²) < 4.78 is 5.09. The summed E-state index contributed by atoms with van der Waals surface area (Å²) in [6.45, 7) is 0.199. The van der Waals surface area contributed by atoms with Gasteiger partial charge in [0.2, 0.25) is 0 Å². The number of carbonyl (C=O) groups excluding carboxylic acids is 2. The number of carbonyl (C=O) groups is 2. The minimum absolute atomic E-state index is 0.0144. The molecule has 2 aromatic rings. The Kier molecular flexibility index (Phi) is 4.50. The van der Waals surface area contributed by atoms with Crippen molar-refractivity contribution in [1.29, 1.82) is 0 Å². The van der Waals surface area contributed by atoms with E-state index in [0.29, 0.717) is 6.42 Å². The number of ether oxygens (including phenoxy) is 1. The molecule has 20 heavy (non-hydrogen) atoms. The van der Waals surface area contributed by atoms with E-state index in [1.54, 1.807) is 6.07 Å². The van der Waals surface area contributed by atoms with Gasteiger partial charge in [-0.1, -0.05) is 48.5 Å². The number of carboxylic acid groups (broad SMARTS) is 1. The van der Waals surface area contributed by atoms with E-state index < -0.39 is 11.9 Å². The highest BCUT2D eigenvalue weighted by molar-refractivity contribution is 6.01. The molecule has 4 heteroatoms.